The zero-order chi connectivity index (χ0) is 10.7. The summed E-state index contributed by atoms with van der Waals surface area (Å²) in [6.07, 6.45) is 0.660. The van der Waals surface area contributed by atoms with E-state index in [-0.39, 0.29) is 17.7 Å². The van der Waals surface area contributed by atoms with E-state index in [1.54, 1.807) is 4.90 Å². The number of nitrogens with two attached hydrogens (primary N) is 1. The highest BCUT2D eigenvalue weighted by atomic mass is 16.4. The fraction of sp³-hybridized carbons (Fsp3) is 0.778. The SMILES string of the molecule is CC(CCN)C(=O)N1CC(C(=O)O)C1. The Hall–Kier alpha value is -1.10. The van der Waals surface area contributed by atoms with Crippen molar-refractivity contribution >= 4 is 11.9 Å². The maximum absolute atomic E-state index is 11.6. The van der Waals surface area contributed by atoms with Crippen LogP contribution < -0.4 is 5.73 Å². The second-order valence-corrected chi connectivity index (χ2v) is 3.76. The van der Waals surface area contributed by atoms with Crippen LogP contribution in [0.3, 0.4) is 0 Å². The Balaban J connectivity index is 2.32. The number of rotatable bonds is 4. The number of likely N-dealkylation sites (tertiary alicyclic amines) is 1. The molecule has 5 heteroatoms. The van der Waals surface area contributed by atoms with Crippen LogP contribution >= 0.6 is 0 Å². The third-order valence-electron chi connectivity index (χ3n) is 2.56. The summed E-state index contributed by atoms with van der Waals surface area (Å²) in [4.78, 5) is 23.6. The highest BCUT2D eigenvalue weighted by Crippen LogP contribution is 2.19. The van der Waals surface area contributed by atoms with E-state index in [1.807, 2.05) is 6.92 Å². The van der Waals surface area contributed by atoms with E-state index in [4.69, 9.17) is 10.8 Å². The first kappa shape index (κ1) is 11.0. The normalized spacial score (nSPS) is 18.9. The number of nitrogens with zero attached hydrogens (tertiary/aromatic N) is 1. The molecule has 1 amide bonds. The molecule has 0 aliphatic carbocycles. The Kier molecular flexibility index (Phi) is 3.46. The van der Waals surface area contributed by atoms with Gasteiger partial charge in [-0.15, -0.1) is 0 Å². The van der Waals surface area contributed by atoms with Gasteiger partial charge in [-0.25, -0.2) is 0 Å². The van der Waals surface area contributed by atoms with Crippen LogP contribution in [0.4, 0.5) is 0 Å². The summed E-state index contributed by atoms with van der Waals surface area (Å²) in [7, 11) is 0. The molecule has 0 radical (unpaired) electrons. The van der Waals surface area contributed by atoms with Crippen LogP contribution in [0.1, 0.15) is 13.3 Å². The third-order valence-corrected chi connectivity index (χ3v) is 2.56. The van der Waals surface area contributed by atoms with Crippen molar-refractivity contribution in [3.8, 4) is 0 Å². The van der Waals surface area contributed by atoms with Gasteiger partial charge in [0.05, 0.1) is 5.92 Å². The number of hydrogen-bond acceptors (Lipinski definition) is 3. The molecular weight excluding hydrogens is 184 g/mol. The number of carboxylic acids is 1. The Labute approximate surface area is 82.9 Å². The van der Waals surface area contributed by atoms with Crippen molar-refractivity contribution < 1.29 is 14.7 Å². The van der Waals surface area contributed by atoms with E-state index >= 15 is 0 Å². The van der Waals surface area contributed by atoms with Gasteiger partial charge in [0.15, 0.2) is 0 Å². The molecule has 0 aromatic rings. The molecule has 1 heterocycles. The van der Waals surface area contributed by atoms with Crippen molar-refractivity contribution in [1.82, 2.24) is 4.90 Å². The molecule has 5 nitrogen and oxygen atoms in total. The lowest BCUT2D eigenvalue weighted by Crippen LogP contribution is -2.54. The number of carbonyl (C=O) groups excluding carboxylic acids is 1. The minimum absolute atomic E-state index is 0.0213. The highest BCUT2D eigenvalue weighted by molar-refractivity contribution is 5.82. The van der Waals surface area contributed by atoms with E-state index in [0.29, 0.717) is 26.1 Å². The van der Waals surface area contributed by atoms with Gasteiger partial charge < -0.3 is 15.7 Å². The van der Waals surface area contributed by atoms with Gasteiger partial charge in [0.25, 0.3) is 0 Å². The summed E-state index contributed by atoms with van der Waals surface area (Å²) in [5.74, 6) is -1.26. The first-order chi connectivity index (χ1) is 6.56. The summed E-state index contributed by atoms with van der Waals surface area (Å²) >= 11 is 0. The fourth-order valence-electron chi connectivity index (χ4n) is 1.50. The molecule has 0 aromatic carbocycles. The average Bonchev–Trinajstić information content (AvgIpc) is 2.00. The maximum Gasteiger partial charge on any atom is 0.310 e. The molecule has 0 bridgehead atoms. The Morgan fingerprint density at radius 2 is 2.14 bits per heavy atom. The van der Waals surface area contributed by atoms with Gasteiger partial charge in [-0.3, -0.25) is 9.59 Å². The molecule has 1 aliphatic rings. The summed E-state index contributed by atoms with van der Waals surface area (Å²) < 4.78 is 0. The summed E-state index contributed by atoms with van der Waals surface area (Å²) in [5, 5.41) is 8.62. The lowest BCUT2D eigenvalue weighted by atomic mass is 9.97. The van der Waals surface area contributed by atoms with E-state index < -0.39 is 5.97 Å². The summed E-state index contributed by atoms with van der Waals surface area (Å²) in [6, 6.07) is 0. The second kappa shape index (κ2) is 4.41. The smallest absolute Gasteiger partial charge is 0.310 e. The zero-order valence-corrected chi connectivity index (χ0v) is 8.27. The van der Waals surface area contributed by atoms with Gasteiger partial charge >= 0.3 is 5.97 Å². The van der Waals surface area contributed by atoms with Crippen LogP contribution in [-0.2, 0) is 9.59 Å². The molecule has 1 aliphatic heterocycles. The molecular formula is C9H16N2O3. The third kappa shape index (κ3) is 2.23. The number of hydrogen-bond donors (Lipinski definition) is 2. The quantitative estimate of drug-likeness (QED) is 0.641. The van der Waals surface area contributed by atoms with E-state index in [1.165, 1.54) is 0 Å². The number of carbonyl (C=O) groups is 2. The Morgan fingerprint density at radius 3 is 2.57 bits per heavy atom. The van der Waals surface area contributed by atoms with Gasteiger partial charge in [-0.2, -0.15) is 0 Å². The van der Waals surface area contributed by atoms with E-state index in [9.17, 15) is 9.59 Å². The zero-order valence-electron chi connectivity index (χ0n) is 8.27. The molecule has 14 heavy (non-hydrogen) atoms. The lowest BCUT2D eigenvalue weighted by Gasteiger charge is -2.38. The van der Waals surface area contributed by atoms with Crippen molar-refractivity contribution in [2.45, 2.75) is 13.3 Å². The van der Waals surface area contributed by atoms with Crippen LogP contribution in [-0.4, -0.2) is 41.5 Å². The van der Waals surface area contributed by atoms with Crippen molar-refractivity contribution in [2.24, 2.45) is 17.6 Å². The number of carboxylic acid groups (broad SMARTS) is 1. The molecule has 3 N–H and O–H groups in total. The van der Waals surface area contributed by atoms with E-state index in [0.717, 1.165) is 0 Å². The van der Waals surface area contributed by atoms with Gasteiger partial charge in [0.1, 0.15) is 0 Å². The molecule has 1 saturated heterocycles. The van der Waals surface area contributed by atoms with Gasteiger partial charge in [0, 0.05) is 19.0 Å². The standard InChI is InChI=1S/C9H16N2O3/c1-6(2-3-10)8(12)11-4-7(5-11)9(13)14/h6-7H,2-5,10H2,1H3,(H,13,14). The number of amides is 1. The minimum atomic E-state index is -0.819. The van der Waals surface area contributed by atoms with Crippen molar-refractivity contribution in [2.75, 3.05) is 19.6 Å². The number of aliphatic carboxylic acids is 1. The highest BCUT2D eigenvalue weighted by Gasteiger charge is 2.36. The summed E-state index contributed by atoms with van der Waals surface area (Å²) in [5.41, 5.74) is 5.34. The van der Waals surface area contributed by atoms with Crippen LogP contribution in [0.15, 0.2) is 0 Å². The molecule has 0 aromatic heterocycles. The Morgan fingerprint density at radius 1 is 1.57 bits per heavy atom. The topological polar surface area (TPSA) is 83.6 Å². The van der Waals surface area contributed by atoms with E-state index in [2.05, 4.69) is 0 Å². The van der Waals surface area contributed by atoms with Crippen molar-refractivity contribution in [3.63, 3.8) is 0 Å². The average molecular weight is 200 g/mol. The van der Waals surface area contributed by atoms with Crippen molar-refractivity contribution in [3.05, 3.63) is 0 Å². The first-order valence-electron chi connectivity index (χ1n) is 4.78. The first-order valence-corrected chi connectivity index (χ1v) is 4.78. The van der Waals surface area contributed by atoms with Crippen LogP contribution in [0.5, 0.6) is 0 Å². The minimum Gasteiger partial charge on any atom is -0.481 e. The lowest BCUT2D eigenvalue weighted by molar-refractivity contribution is -0.154. The molecule has 1 rings (SSSR count). The predicted octanol–water partition coefficient (Wildman–Crippen LogP) is -0.486. The Bertz CT molecular complexity index is 236. The summed E-state index contributed by atoms with van der Waals surface area (Å²) in [6.45, 7) is 3.01. The van der Waals surface area contributed by atoms with Crippen molar-refractivity contribution in [1.29, 1.82) is 0 Å². The predicted molar refractivity (Wildman–Crippen MR) is 50.5 cm³/mol. The maximum atomic E-state index is 11.6. The fourth-order valence-corrected chi connectivity index (χ4v) is 1.50. The van der Waals surface area contributed by atoms with Gasteiger partial charge in [-0.1, -0.05) is 6.92 Å². The molecule has 80 valence electrons. The van der Waals surface area contributed by atoms with Crippen LogP contribution in [0.2, 0.25) is 0 Å². The van der Waals surface area contributed by atoms with Crippen LogP contribution in [0.25, 0.3) is 0 Å². The molecule has 0 spiro atoms. The monoisotopic (exact) mass is 200 g/mol. The second-order valence-electron chi connectivity index (χ2n) is 3.76. The molecule has 0 saturated carbocycles. The van der Waals surface area contributed by atoms with Crippen LogP contribution in [0, 0.1) is 11.8 Å². The molecule has 1 unspecified atom stereocenters. The molecule has 1 fully saturated rings. The molecule has 1 atom stereocenters. The van der Waals surface area contributed by atoms with Gasteiger partial charge in [0.2, 0.25) is 5.91 Å². The largest absolute Gasteiger partial charge is 0.481 e. The van der Waals surface area contributed by atoms with Gasteiger partial charge in [-0.05, 0) is 13.0 Å².